The first-order valence-electron chi connectivity index (χ1n) is 9.24. The first kappa shape index (κ1) is 22.1. The number of aromatic nitrogens is 2. The second-order valence-electron chi connectivity index (χ2n) is 6.39. The molecule has 152 valence electrons. The molecule has 0 spiro atoms. The number of rotatable bonds is 6. The smallest absolute Gasteiger partial charge is 0.241 e. The Morgan fingerprint density at radius 2 is 2.07 bits per heavy atom. The van der Waals surface area contributed by atoms with E-state index in [1.807, 2.05) is 17.9 Å². The summed E-state index contributed by atoms with van der Waals surface area (Å²) in [6, 6.07) is 5.01. The van der Waals surface area contributed by atoms with Crippen LogP contribution < -0.4 is 10.6 Å². The molecule has 1 aromatic carbocycles. The van der Waals surface area contributed by atoms with Crippen LogP contribution in [0.2, 0.25) is 0 Å². The Bertz CT molecular complexity index is 790. The largest absolute Gasteiger partial charge is 0.357 e. The van der Waals surface area contributed by atoms with Crippen molar-refractivity contribution in [1.82, 2.24) is 25.1 Å². The van der Waals surface area contributed by atoms with Crippen molar-refractivity contribution in [3.8, 4) is 5.69 Å². The van der Waals surface area contributed by atoms with Gasteiger partial charge in [0.05, 0.1) is 25.1 Å². The molecule has 0 atom stereocenters. The quantitative estimate of drug-likeness (QED) is 0.363. The molecule has 28 heavy (non-hydrogen) atoms. The number of likely N-dealkylation sites (tertiary alicyclic amines) is 1. The molecular weight excluding hydrogens is 474 g/mol. The maximum atomic E-state index is 14.3. The zero-order valence-corrected chi connectivity index (χ0v) is 18.2. The molecule has 2 aromatic rings. The molecule has 1 aromatic heterocycles. The van der Waals surface area contributed by atoms with E-state index in [1.54, 1.807) is 29.4 Å². The number of amides is 1. The third kappa shape index (κ3) is 5.91. The van der Waals surface area contributed by atoms with Gasteiger partial charge in [-0.2, -0.15) is 0 Å². The first-order valence-corrected chi connectivity index (χ1v) is 9.24. The number of guanidine groups is 1. The van der Waals surface area contributed by atoms with Gasteiger partial charge < -0.3 is 20.1 Å². The lowest BCUT2D eigenvalue weighted by atomic mass is 10.2. The standard InChI is InChI=1S/C19H25FN6O.HI/c1-2-22-19(24-13-18(27)25-8-3-4-9-25)23-12-15-5-6-17(16(20)11-15)26-10-7-21-14-26;/h5-7,10-11,14H,2-4,8-9,12-13H2,1H3,(H2,22,23,24);1H. The van der Waals surface area contributed by atoms with Gasteiger partial charge in [0.1, 0.15) is 5.82 Å². The van der Waals surface area contributed by atoms with Crippen LogP contribution in [0.25, 0.3) is 5.69 Å². The molecule has 2 heterocycles. The van der Waals surface area contributed by atoms with E-state index in [0.29, 0.717) is 24.7 Å². The third-order valence-electron chi connectivity index (χ3n) is 4.42. The number of carbonyl (C=O) groups is 1. The second-order valence-corrected chi connectivity index (χ2v) is 6.39. The van der Waals surface area contributed by atoms with Gasteiger partial charge in [0.15, 0.2) is 5.96 Å². The fraction of sp³-hybridized carbons (Fsp3) is 0.421. The van der Waals surface area contributed by atoms with Gasteiger partial charge in [0, 0.05) is 32.0 Å². The average molecular weight is 500 g/mol. The molecular formula is C19H26FIN6O. The van der Waals surface area contributed by atoms with E-state index in [2.05, 4.69) is 20.6 Å². The molecule has 1 saturated heterocycles. The monoisotopic (exact) mass is 500 g/mol. The molecule has 9 heteroatoms. The van der Waals surface area contributed by atoms with Crippen molar-refractivity contribution in [2.24, 2.45) is 4.99 Å². The number of imidazole rings is 1. The van der Waals surface area contributed by atoms with Crippen LogP contribution in [0.4, 0.5) is 4.39 Å². The molecule has 1 aliphatic rings. The molecule has 1 aliphatic heterocycles. The number of nitrogens with one attached hydrogen (secondary N) is 2. The summed E-state index contributed by atoms with van der Waals surface area (Å²) in [7, 11) is 0. The van der Waals surface area contributed by atoms with Crippen LogP contribution >= 0.6 is 24.0 Å². The highest BCUT2D eigenvalue weighted by Gasteiger charge is 2.17. The van der Waals surface area contributed by atoms with Gasteiger partial charge in [-0.15, -0.1) is 24.0 Å². The van der Waals surface area contributed by atoms with Crippen LogP contribution in [0.15, 0.2) is 41.9 Å². The zero-order valence-electron chi connectivity index (χ0n) is 15.9. The molecule has 0 bridgehead atoms. The molecule has 7 nitrogen and oxygen atoms in total. The number of hydrogen-bond donors (Lipinski definition) is 2. The van der Waals surface area contributed by atoms with Gasteiger partial charge in [-0.1, -0.05) is 6.07 Å². The second kappa shape index (κ2) is 11.0. The van der Waals surface area contributed by atoms with Crippen molar-refractivity contribution in [2.45, 2.75) is 26.3 Å². The summed E-state index contributed by atoms with van der Waals surface area (Å²) in [4.78, 5) is 22.4. The molecule has 1 fully saturated rings. The van der Waals surface area contributed by atoms with Crippen molar-refractivity contribution < 1.29 is 9.18 Å². The fourth-order valence-electron chi connectivity index (χ4n) is 3.01. The molecule has 1 amide bonds. The number of halogens is 2. The van der Waals surface area contributed by atoms with Crippen molar-refractivity contribution in [1.29, 1.82) is 0 Å². The van der Waals surface area contributed by atoms with E-state index < -0.39 is 0 Å². The average Bonchev–Trinajstić information content (AvgIpc) is 3.37. The highest BCUT2D eigenvalue weighted by atomic mass is 127. The van der Waals surface area contributed by atoms with Crippen LogP contribution in [0.1, 0.15) is 25.3 Å². The van der Waals surface area contributed by atoms with E-state index in [4.69, 9.17) is 0 Å². The van der Waals surface area contributed by atoms with Crippen molar-refractivity contribution >= 4 is 35.8 Å². The predicted molar refractivity (Wildman–Crippen MR) is 118 cm³/mol. The van der Waals surface area contributed by atoms with E-state index in [1.165, 1.54) is 6.07 Å². The van der Waals surface area contributed by atoms with Crippen LogP contribution in [0.3, 0.4) is 0 Å². The summed E-state index contributed by atoms with van der Waals surface area (Å²) in [5, 5.41) is 6.17. The maximum absolute atomic E-state index is 14.3. The number of benzene rings is 1. The van der Waals surface area contributed by atoms with Crippen molar-refractivity contribution in [3.63, 3.8) is 0 Å². The van der Waals surface area contributed by atoms with Crippen molar-refractivity contribution in [3.05, 3.63) is 48.3 Å². The minimum atomic E-state index is -0.331. The summed E-state index contributed by atoms with van der Waals surface area (Å²) in [6.07, 6.45) is 7.00. The lowest BCUT2D eigenvalue weighted by Gasteiger charge is -2.17. The Labute approximate surface area is 181 Å². The molecule has 0 radical (unpaired) electrons. The van der Waals surface area contributed by atoms with Crippen LogP contribution in [-0.2, 0) is 11.3 Å². The van der Waals surface area contributed by atoms with Gasteiger partial charge in [-0.05, 0) is 37.5 Å². The Morgan fingerprint density at radius 1 is 1.29 bits per heavy atom. The van der Waals surface area contributed by atoms with Gasteiger partial charge in [-0.25, -0.2) is 14.4 Å². The number of aliphatic imine (C=N–C) groups is 1. The Kier molecular flexibility index (Phi) is 8.68. The normalized spacial score (nSPS) is 13.9. The van der Waals surface area contributed by atoms with Crippen LogP contribution in [0, 0.1) is 5.82 Å². The first-order chi connectivity index (χ1) is 13.2. The highest BCUT2D eigenvalue weighted by Crippen LogP contribution is 2.15. The number of nitrogens with zero attached hydrogens (tertiary/aromatic N) is 4. The number of hydrogen-bond acceptors (Lipinski definition) is 3. The minimum absolute atomic E-state index is 0. The summed E-state index contributed by atoms with van der Waals surface area (Å²) in [5.74, 6) is 0.292. The predicted octanol–water partition coefficient (Wildman–Crippen LogP) is 2.31. The van der Waals surface area contributed by atoms with Crippen molar-refractivity contribution in [2.75, 3.05) is 26.2 Å². The van der Waals surface area contributed by atoms with E-state index in [0.717, 1.165) is 31.5 Å². The van der Waals surface area contributed by atoms with Gasteiger partial charge >= 0.3 is 0 Å². The SMILES string of the molecule is CCNC(=NCc1ccc(-n2ccnc2)c(F)c1)NCC(=O)N1CCCC1.I. The molecule has 3 rings (SSSR count). The molecule has 0 unspecified atom stereocenters. The Hall–Kier alpha value is -2.17. The highest BCUT2D eigenvalue weighted by molar-refractivity contribution is 14.0. The molecule has 0 aliphatic carbocycles. The summed E-state index contributed by atoms with van der Waals surface area (Å²) in [6.45, 7) is 4.82. The zero-order chi connectivity index (χ0) is 19.1. The summed E-state index contributed by atoms with van der Waals surface area (Å²) < 4.78 is 16.0. The minimum Gasteiger partial charge on any atom is -0.357 e. The lowest BCUT2D eigenvalue weighted by Crippen LogP contribution is -2.44. The van der Waals surface area contributed by atoms with E-state index in [-0.39, 0.29) is 42.2 Å². The molecule has 0 saturated carbocycles. The van der Waals surface area contributed by atoms with E-state index >= 15 is 0 Å². The summed E-state index contributed by atoms with van der Waals surface area (Å²) in [5.41, 5.74) is 1.20. The third-order valence-corrected chi connectivity index (χ3v) is 4.42. The number of carbonyl (C=O) groups excluding carboxylic acids is 1. The fourth-order valence-corrected chi connectivity index (χ4v) is 3.01. The van der Waals surface area contributed by atoms with Gasteiger partial charge in [0.25, 0.3) is 0 Å². The molecule has 2 N–H and O–H groups in total. The van der Waals surface area contributed by atoms with Gasteiger partial charge in [-0.3, -0.25) is 4.79 Å². The Morgan fingerprint density at radius 3 is 2.71 bits per heavy atom. The van der Waals surface area contributed by atoms with Gasteiger partial charge in [0.2, 0.25) is 5.91 Å². The van der Waals surface area contributed by atoms with Crippen LogP contribution in [0.5, 0.6) is 0 Å². The lowest BCUT2D eigenvalue weighted by molar-refractivity contribution is -0.128. The Balaban J connectivity index is 0.00000280. The van der Waals surface area contributed by atoms with Crippen LogP contribution in [-0.4, -0.2) is 52.5 Å². The summed E-state index contributed by atoms with van der Waals surface area (Å²) >= 11 is 0. The topological polar surface area (TPSA) is 74.5 Å². The van der Waals surface area contributed by atoms with E-state index in [9.17, 15) is 9.18 Å². The maximum Gasteiger partial charge on any atom is 0.241 e.